The first-order chi connectivity index (χ1) is 7.31. The first-order valence-corrected chi connectivity index (χ1v) is 5.82. The van der Waals surface area contributed by atoms with Crippen LogP contribution in [0, 0.1) is 0 Å². The lowest BCUT2D eigenvalue weighted by Crippen LogP contribution is -1.93. The zero-order valence-corrected chi connectivity index (χ0v) is 9.29. The number of benzene rings is 1. The summed E-state index contributed by atoms with van der Waals surface area (Å²) in [5.41, 5.74) is 3.68. The molecule has 0 unspecified atom stereocenters. The second-order valence-electron chi connectivity index (χ2n) is 4.18. The fourth-order valence-corrected chi connectivity index (χ4v) is 2.14. The molecule has 1 heteroatoms. The van der Waals surface area contributed by atoms with Crippen LogP contribution in [0.25, 0.3) is 5.57 Å². The molecular weight excluding hydrogens is 184 g/mol. The van der Waals surface area contributed by atoms with Crippen molar-refractivity contribution in [3.63, 3.8) is 0 Å². The van der Waals surface area contributed by atoms with E-state index < -0.39 is 0 Å². The fourth-order valence-electron chi connectivity index (χ4n) is 2.14. The van der Waals surface area contributed by atoms with Crippen molar-refractivity contribution in [3.05, 3.63) is 35.4 Å². The van der Waals surface area contributed by atoms with Gasteiger partial charge in [-0.3, -0.25) is 0 Å². The maximum atomic E-state index is 9.84. The van der Waals surface area contributed by atoms with E-state index in [1.165, 1.54) is 24.0 Å². The van der Waals surface area contributed by atoms with E-state index in [-0.39, 0.29) is 0 Å². The quantitative estimate of drug-likeness (QED) is 0.770. The number of aryl methyl sites for hydroxylation is 1. The molecule has 1 aliphatic rings. The van der Waals surface area contributed by atoms with Crippen molar-refractivity contribution in [1.29, 1.82) is 0 Å². The molecule has 0 spiro atoms. The molecule has 1 N–H and O–H groups in total. The van der Waals surface area contributed by atoms with Crippen LogP contribution in [0.2, 0.25) is 0 Å². The summed E-state index contributed by atoms with van der Waals surface area (Å²) in [7, 11) is 0. The predicted molar refractivity (Wildman–Crippen MR) is 63.9 cm³/mol. The van der Waals surface area contributed by atoms with E-state index in [1.807, 2.05) is 12.1 Å². The lowest BCUT2D eigenvalue weighted by Gasteiger charge is -2.15. The summed E-state index contributed by atoms with van der Waals surface area (Å²) >= 11 is 0. The molecule has 15 heavy (non-hydrogen) atoms. The van der Waals surface area contributed by atoms with Gasteiger partial charge < -0.3 is 5.11 Å². The minimum absolute atomic E-state index is 0.431. The van der Waals surface area contributed by atoms with E-state index in [9.17, 15) is 5.11 Å². The number of phenols is 1. The topological polar surface area (TPSA) is 20.2 Å². The predicted octanol–water partition coefficient (Wildman–Crippen LogP) is 3.91. The van der Waals surface area contributed by atoms with Crippen LogP contribution in [0.4, 0.5) is 0 Å². The van der Waals surface area contributed by atoms with Gasteiger partial charge >= 0.3 is 0 Å². The largest absolute Gasteiger partial charge is 0.507 e. The van der Waals surface area contributed by atoms with E-state index >= 15 is 0 Å². The Morgan fingerprint density at radius 1 is 1.27 bits per heavy atom. The fraction of sp³-hybridized carbons (Fsp3) is 0.429. The summed E-state index contributed by atoms with van der Waals surface area (Å²) in [6.07, 6.45) is 8.11. The van der Waals surface area contributed by atoms with Crippen molar-refractivity contribution in [2.75, 3.05) is 0 Å². The molecule has 1 aliphatic carbocycles. The van der Waals surface area contributed by atoms with Gasteiger partial charge in [-0.25, -0.2) is 0 Å². The van der Waals surface area contributed by atoms with Gasteiger partial charge in [0.1, 0.15) is 5.75 Å². The normalized spacial score (nSPS) is 16.2. The molecule has 1 aromatic carbocycles. The van der Waals surface area contributed by atoms with Gasteiger partial charge in [-0.2, -0.15) is 0 Å². The monoisotopic (exact) mass is 202 g/mol. The van der Waals surface area contributed by atoms with Crippen molar-refractivity contribution in [1.82, 2.24) is 0 Å². The summed E-state index contributed by atoms with van der Waals surface area (Å²) in [6.45, 7) is 2.14. The molecule has 0 bridgehead atoms. The second-order valence-corrected chi connectivity index (χ2v) is 4.18. The molecule has 0 fully saturated rings. The van der Waals surface area contributed by atoms with Crippen LogP contribution in [0.1, 0.15) is 43.7 Å². The lowest BCUT2D eigenvalue weighted by atomic mass is 9.92. The maximum absolute atomic E-state index is 9.84. The Kier molecular flexibility index (Phi) is 3.10. The molecule has 0 atom stereocenters. The summed E-state index contributed by atoms with van der Waals surface area (Å²) in [5.74, 6) is 0.431. The van der Waals surface area contributed by atoms with Crippen molar-refractivity contribution >= 4 is 5.57 Å². The van der Waals surface area contributed by atoms with Gasteiger partial charge in [0.25, 0.3) is 0 Å². The number of hydrogen-bond acceptors (Lipinski definition) is 1. The Morgan fingerprint density at radius 3 is 2.80 bits per heavy atom. The van der Waals surface area contributed by atoms with Gasteiger partial charge in [-0.05, 0) is 55.4 Å². The van der Waals surface area contributed by atoms with Crippen molar-refractivity contribution < 1.29 is 5.11 Å². The van der Waals surface area contributed by atoms with E-state index in [4.69, 9.17) is 0 Å². The van der Waals surface area contributed by atoms with Gasteiger partial charge in [0.05, 0.1) is 0 Å². The molecule has 0 amide bonds. The summed E-state index contributed by atoms with van der Waals surface area (Å²) in [5, 5.41) is 9.84. The molecule has 1 nitrogen and oxygen atoms in total. The smallest absolute Gasteiger partial charge is 0.123 e. The number of rotatable bonds is 2. The summed E-state index contributed by atoms with van der Waals surface area (Å²) < 4.78 is 0. The van der Waals surface area contributed by atoms with Crippen LogP contribution in [-0.2, 0) is 6.42 Å². The number of allylic oxidation sites excluding steroid dienone is 2. The highest BCUT2D eigenvalue weighted by atomic mass is 16.3. The first-order valence-electron chi connectivity index (χ1n) is 5.82. The molecule has 2 rings (SSSR count). The third-order valence-corrected chi connectivity index (χ3v) is 3.11. The highest BCUT2D eigenvalue weighted by Crippen LogP contribution is 2.32. The van der Waals surface area contributed by atoms with Crippen LogP contribution in [0.15, 0.2) is 24.3 Å². The van der Waals surface area contributed by atoms with Crippen molar-refractivity contribution in [3.8, 4) is 5.75 Å². The molecule has 1 aromatic rings. The molecule has 0 aromatic heterocycles. The molecule has 0 saturated carbocycles. The van der Waals surface area contributed by atoms with Crippen LogP contribution in [0.3, 0.4) is 0 Å². The Hall–Kier alpha value is -1.24. The van der Waals surface area contributed by atoms with E-state index in [0.717, 1.165) is 24.8 Å². The van der Waals surface area contributed by atoms with Gasteiger partial charge in [0, 0.05) is 5.56 Å². The molecular formula is C14H18O. The highest BCUT2D eigenvalue weighted by Gasteiger charge is 2.10. The minimum Gasteiger partial charge on any atom is -0.507 e. The first kappa shape index (κ1) is 10.3. The third-order valence-electron chi connectivity index (χ3n) is 3.11. The number of aromatic hydroxyl groups is 1. The zero-order chi connectivity index (χ0) is 10.7. The maximum Gasteiger partial charge on any atom is 0.123 e. The van der Waals surface area contributed by atoms with E-state index in [0.29, 0.717) is 5.75 Å². The Bertz CT molecular complexity index is 377. The van der Waals surface area contributed by atoms with Gasteiger partial charge in [-0.1, -0.05) is 19.1 Å². The molecule has 80 valence electrons. The SMILES string of the molecule is CCc1ccc(O)c(C2=CCCCC2)c1. The minimum atomic E-state index is 0.431. The summed E-state index contributed by atoms with van der Waals surface area (Å²) in [4.78, 5) is 0. The van der Waals surface area contributed by atoms with Gasteiger partial charge in [0.15, 0.2) is 0 Å². The standard InChI is InChI=1S/C14H18O/c1-2-11-8-9-14(15)13(10-11)12-6-4-3-5-7-12/h6,8-10,15H,2-5,7H2,1H3. The average Bonchev–Trinajstić information content (AvgIpc) is 2.31. The van der Waals surface area contributed by atoms with Crippen LogP contribution >= 0.6 is 0 Å². The van der Waals surface area contributed by atoms with Gasteiger partial charge in [-0.15, -0.1) is 0 Å². The van der Waals surface area contributed by atoms with Crippen LogP contribution in [-0.4, -0.2) is 5.11 Å². The number of hydrogen-bond donors (Lipinski definition) is 1. The molecule has 0 heterocycles. The van der Waals surface area contributed by atoms with Crippen LogP contribution < -0.4 is 0 Å². The highest BCUT2D eigenvalue weighted by molar-refractivity contribution is 5.71. The number of phenolic OH excluding ortho intramolecular Hbond substituents is 1. The van der Waals surface area contributed by atoms with E-state index in [1.54, 1.807) is 0 Å². The zero-order valence-electron chi connectivity index (χ0n) is 9.29. The van der Waals surface area contributed by atoms with Crippen molar-refractivity contribution in [2.24, 2.45) is 0 Å². The Morgan fingerprint density at radius 2 is 2.13 bits per heavy atom. The van der Waals surface area contributed by atoms with Crippen LogP contribution in [0.5, 0.6) is 5.75 Å². The molecule has 0 saturated heterocycles. The molecule has 0 radical (unpaired) electrons. The Labute approximate surface area is 91.4 Å². The lowest BCUT2D eigenvalue weighted by molar-refractivity contribution is 0.472. The summed E-state index contributed by atoms with van der Waals surface area (Å²) in [6, 6.07) is 5.96. The molecule has 0 aliphatic heterocycles. The van der Waals surface area contributed by atoms with E-state index in [2.05, 4.69) is 19.1 Å². The Balaban J connectivity index is 2.37. The van der Waals surface area contributed by atoms with Crippen molar-refractivity contribution in [2.45, 2.75) is 39.0 Å². The van der Waals surface area contributed by atoms with Gasteiger partial charge in [0.2, 0.25) is 0 Å². The average molecular weight is 202 g/mol. The third kappa shape index (κ3) is 2.23. The second kappa shape index (κ2) is 4.52.